The van der Waals surface area contributed by atoms with Gasteiger partial charge in [-0.15, -0.1) is 0 Å². The molecule has 4 aliphatic carbocycles. The molecule has 6 rings (SSSR count). The molecule has 2 heterocycles. The first-order valence-corrected chi connectivity index (χ1v) is 15.0. The van der Waals surface area contributed by atoms with E-state index in [0.717, 1.165) is 42.6 Å². The van der Waals surface area contributed by atoms with E-state index in [4.69, 9.17) is 15.2 Å². The predicted octanol–water partition coefficient (Wildman–Crippen LogP) is 5.20. The quantitative estimate of drug-likeness (QED) is 0.406. The number of pyridine rings is 1. The van der Waals surface area contributed by atoms with E-state index in [1.807, 2.05) is 32.9 Å². The van der Waals surface area contributed by atoms with Crippen molar-refractivity contribution in [3.63, 3.8) is 0 Å². The average Bonchev–Trinajstić information content (AvgIpc) is 3.18. The minimum absolute atomic E-state index is 0.0874. The fourth-order valence-electron chi connectivity index (χ4n) is 9.35. The highest BCUT2D eigenvalue weighted by atomic mass is 16.6. The molecule has 41 heavy (non-hydrogen) atoms. The van der Waals surface area contributed by atoms with Crippen molar-refractivity contribution in [2.75, 3.05) is 20.2 Å². The number of rotatable bonds is 9. The lowest BCUT2D eigenvalue weighted by atomic mass is 9.39. The number of amides is 1. The molecule has 0 spiro atoms. The number of aromatic nitrogens is 2. The van der Waals surface area contributed by atoms with Crippen molar-refractivity contribution < 1.29 is 19.1 Å². The Hall–Kier alpha value is -2.71. The van der Waals surface area contributed by atoms with Gasteiger partial charge in [-0.3, -0.25) is 4.79 Å². The minimum Gasteiger partial charge on any atom is -0.455 e. The Morgan fingerprint density at radius 3 is 2.32 bits per heavy atom. The van der Waals surface area contributed by atoms with Crippen LogP contribution in [0.3, 0.4) is 0 Å². The fraction of sp³-hybridized carbons (Fsp3) is 0.667. The Kier molecular flexibility index (Phi) is 7.43. The van der Waals surface area contributed by atoms with Gasteiger partial charge in [0.15, 0.2) is 5.69 Å². The summed E-state index contributed by atoms with van der Waals surface area (Å²) in [4.78, 5) is 30.0. The van der Waals surface area contributed by atoms with Crippen LogP contribution >= 0.6 is 0 Å². The molecule has 2 atom stereocenters. The fourth-order valence-corrected chi connectivity index (χ4v) is 9.35. The number of nitrogens with one attached hydrogen (secondary N) is 1. The molecular weight excluding hydrogens is 516 g/mol. The van der Waals surface area contributed by atoms with Crippen LogP contribution in [0.25, 0.3) is 11.1 Å². The van der Waals surface area contributed by atoms with Gasteiger partial charge in [0.25, 0.3) is 0 Å². The van der Waals surface area contributed by atoms with Crippen LogP contribution in [0.1, 0.15) is 95.0 Å². The number of ether oxygens (including phenoxy) is 2. The van der Waals surface area contributed by atoms with Crippen LogP contribution < -0.4 is 11.1 Å². The van der Waals surface area contributed by atoms with E-state index in [2.05, 4.69) is 47.9 Å². The molecule has 224 valence electrons. The van der Waals surface area contributed by atoms with Crippen molar-refractivity contribution in [1.82, 2.24) is 14.9 Å². The Morgan fingerprint density at radius 1 is 1.02 bits per heavy atom. The molecule has 4 saturated carbocycles. The van der Waals surface area contributed by atoms with E-state index in [1.165, 1.54) is 19.3 Å². The van der Waals surface area contributed by atoms with Crippen molar-refractivity contribution in [3.05, 3.63) is 41.5 Å². The monoisotopic (exact) mass is 564 g/mol. The molecular formula is C33H48N4O4. The maximum atomic E-state index is 13.4. The largest absolute Gasteiger partial charge is 0.455 e. The third-order valence-electron chi connectivity index (χ3n) is 9.38. The van der Waals surface area contributed by atoms with Gasteiger partial charge in [-0.2, -0.15) is 0 Å². The number of hydrogen-bond donors (Lipinski definition) is 2. The molecule has 1 amide bonds. The average molecular weight is 565 g/mol. The van der Waals surface area contributed by atoms with Crippen LogP contribution in [0.15, 0.2) is 24.4 Å². The third kappa shape index (κ3) is 5.96. The lowest BCUT2D eigenvalue weighted by Crippen LogP contribution is -2.64. The van der Waals surface area contributed by atoms with Gasteiger partial charge in [-0.05, 0) is 94.6 Å². The van der Waals surface area contributed by atoms with Gasteiger partial charge in [0.2, 0.25) is 5.91 Å². The second kappa shape index (κ2) is 10.2. The first-order chi connectivity index (χ1) is 19.1. The number of esters is 1. The molecule has 0 radical (unpaired) electrons. The van der Waals surface area contributed by atoms with Crippen LogP contribution in [0.5, 0.6) is 0 Å². The lowest BCUT2D eigenvalue weighted by Gasteiger charge is -2.69. The number of likely N-dealkylation sites (N-methyl/N-ethyl adjacent to an activating group) is 1. The van der Waals surface area contributed by atoms with E-state index in [9.17, 15) is 9.59 Å². The predicted molar refractivity (Wildman–Crippen MR) is 159 cm³/mol. The summed E-state index contributed by atoms with van der Waals surface area (Å²) in [7, 11) is 1.59. The van der Waals surface area contributed by atoms with Crippen molar-refractivity contribution >= 4 is 11.9 Å². The Bertz CT molecular complexity index is 1320. The van der Waals surface area contributed by atoms with Crippen molar-refractivity contribution in [3.8, 4) is 11.1 Å². The summed E-state index contributed by atoms with van der Waals surface area (Å²) >= 11 is 0. The van der Waals surface area contributed by atoms with Gasteiger partial charge in [-0.1, -0.05) is 19.9 Å². The van der Waals surface area contributed by atoms with Gasteiger partial charge < -0.3 is 25.1 Å². The number of nitrogens with zero attached hydrogens (tertiary/aromatic N) is 2. The lowest BCUT2D eigenvalue weighted by molar-refractivity contribution is -0.246. The zero-order valence-electron chi connectivity index (χ0n) is 26.0. The SMILES string of the molecule is CNC(=O)Cc1ccc(-c2ccn(CC34CC5(C)CC(C)(C3)CC(OCCN)(C5)C4)c2C)c(C(=O)OC(C)(C)C)n1. The van der Waals surface area contributed by atoms with Crippen molar-refractivity contribution in [2.45, 2.75) is 104 Å². The van der Waals surface area contributed by atoms with Crippen LogP contribution in [0.2, 0.25) is 0 Å². The molecule has 3 N–H and O–H groups in total. The Morgan fingerprint density at radius 2 is 1.71 bits per heavy atom. The highest BCUT2D eigenvalue weighted by Gasteiger charge is 2.66. The van der Waals surface area contributed by atoms with E-state index in [-0.39, 0.29) is 39.9 Å². The number of carbonyl (C=O) groups excluding carboxylic acids is 2. The normalized spacial score (nSPS) is 30.4. The van der Waals surface area contributed by atoms with Crippen molar-refractivity contribution in [1.29, 1.82) is 0 Å². The third-order valence-corrected chi connectivity index (χ3v) is 9.38. The van der Waals surface area contributed by atoms with Gasteiger partial charge in [0.1, 0.15) is 5.60 Å². The standard InChI is InChI=1S/C33H48N4O4/c1-22-24(25-9-8-23(14-26(38)35-7)36-27(25)28(39)41-29(2,3)4)10-12-37(22)21-32-16-30(5)15-31(6,17-32)19-33(18-30,20-32)40-13-11-34/h8-10,12H,11,13-21,34H2,1-7H3,(H,35,38). The highest BCUT2D eigenvalue weighted by Crippen LogP contribution is 2.72. The molecule has 4 fully saturated rings. The van der Waals surface area contributed by atoms with Gasteiger partial charge in [0.05, 0.1) is 24.3 Å². The van der Waals surface area contributed by atoms with Crippen LogP contribution in [0.4, 0.5) is 0 Å². The summed E-state index contributed by atoms with van der Waals surface area (Å²) < 4.78 is 14.7. The van der Waals surface area contributed by atoms with Crippen LogP contribution in [-0.4, -0.2) is 52.8 Å². The molecule has 0 aromatic carbocycles. The molecule has 8 heteroatoms. The van der Waals surface area contributed by atoms with E-state index in [0.29, 0.717) is 18.8 Å². The Balaban J connectivity index is 1.49. The number of hydrogen-bond acceptors (Lipinski definition) is 6. The van der Waals surface area contributed by atoms with Gasteiger partial charge in [-0.25, -0.2) is 9.78 Å². The summed E-state index contributed by atoms with van der Waals surface area (Å²) in [6, 6.07) is 5.82. The highest BCUT2D eigenvalue weighted by molar-refractivity contribution is 5.96. The molecule has 0 aliphatic heterocycles. The molecule has 0 saturated heterocycles. The van der Waals surface area contributed by atoms with E-state index >= 15 is 0 Å². The van der Waals surface area contributed by atoms with Gasteiger partial charge >= 0.3 is 5.97 Å². The Labute approximate surface area is 244 Å². The molecule has 2 aromatic heterocycles. The smallest absolute Gasteiger partial charge is 0.358 e. The topological polar surface area (TPSA) is 108 Å². The molecule has 8 nitrogen and oxygen atoms in total. The molecule has 2 unspecified atom stereocenters. The van der Waals surface area contributed by atoms with Crippen LogP contribution in [0, 0.1) is 23.2 Å². The molecule has 4 bridgehead atoms. The summed E-state index contributed by atoms with van der Waals surface area (Å²) in [6.07, 6.45) is 9.24. The second-order valence-electron chi connectivity index (χ2n) is 15.0. The number of nitrogens with two attached hydrogens (primary N) is 1. The van der Waals surface area contributed by atoms with E-state index in [1.54, 1.807) is 7.05 Å². The maximum Gasteiger partial charge on any atom is 0.358 e. The summed E-state index contributed by atoms with van der Waals surface area (Å²) in [6.45, 7) is 14.7. The maximum absolute atomic E-state index is 13.4. The van der Waals surface area contributed by atoms with E-state index < -0.39 is 11.6 Å². The zero-order valence-corrected chi connectivity index (χ0v) is 26.0. The first kappa shape index (κ1) is 29.8. The second-order valence-corrected chi connectivity index (χ2v) is 15.0. The van der Waals surface area contributed by atoms with Gasteiger partial charge in [0, 0.05) is 43.2 Å². The first-order valence-electron chi connectivity index (χ1n) is 15.0. The van der Waals surface area contributed by atoms with Crippen LogP contribution in [-0.2, 0) is 27.2 Å². The summed E-state index contributed by atoms with van der Waals surface area (Å²) in [5.41, 5.74) is 9.38. The van der Waals surface area contributed by atoms with Crippen molar-refractivity contribution in [2.24, 2.45) is 22.0 Å². The zero-order chi connectivity index (χ0) is 29.8. The summed E-state index contributed by atoms with van der Waals surface area (Å²) in [5, 5.41) is 2.63. The molecule has 2 aromatic rings. The number of carbonyl (C=O) groups is 2. The summed E-state index contributed by atoms with van der Waals surface area (Å²) in [5.74, 6) is -0.645. The molecule has 4 aliphatic rings. The minimum atomic E-state index is -0.666.